The molecule has 1 heterocycles. The molecular formula is C15H18FN3O3. The Bertz CT molecular complexity index is 669. The molecule has 0 atom stereocenters. The molecule has 0 radical (unpaired) electrons. The molecule has 1 aromatic carbocycles. The predicted octanol–water partition coefficient (Wildman–Crippen LogP) is 2.01. The number of carboxylic acid groups (broad SMARTS) is 1. The molecule has 2 amide bonds. The van der Waals surface area contributed by atoms with Crippen molar-refractivity contribution >= 4 is 22.9 Å². The second-order valence-corrected chi connectivity index (χ2v) is 4.93. The molecule has 2 rings (SSSR count). The number of carbonyl (C=O) groups is 2. The van der Waals surface area contributed by atoms with Gasteiger partial charge in [0.25, 0.3) is 0 Å². The van der Waals surface area contributed by atoms with E-state index in [4.69, 9.17) is 5.11 Å². The number of halogens is 1. The highest BCUT2D eigenvalue weighted by atomic mass is 19.1. The van der Waals surface area contributed by atoms with Crippen molar-refractivity contribution in [3.05, 3.63) is 35.8 Å². The fraction of sp³-hybridized carbons (Fsp3) is 0.333. The number of nitrogens with one attached hydrogen (secondary N) is 3. The van der Waals surface area contributed by atoms with Crippen LogP contribution in [0.1, 0.15) is 18.4 Å². The highest BCUT2D eigenvalue weighted by Gasteiger charge is 2.06. The van der Waals surface area contributed by atoms with Gasteiger partial charge in [-0.15, -0.1) is 0 Å². The van der Waals surface area contributed by atoms with Gasteiger partial charge in [0, 0.05) is 36.6 Å². The number of aromatic amines is 1. The molecular weight excluding hydrogens is 289 g/mol. The molecule has 2 aromatic rings. The molecule has 7 heteroatoms. The van der Waals surface area contributed by atoms with Crippen molar-refractivity contribution in [3.63, 3.8) is 0 Å². The van der Waals surface area contributed by atoms with Gasteiger partial charge in [-0.2, -0.15) is 0 Å². The van der Waals surface area contributed by atoms with E-state index in [0.29, 0.717) is 25.9 Å². The lowest BCUT2D eigenvalue weighted by molar-refractivity contribution is -0.137. The van der Waals surface area contributed by atoms with Gasteiger partial charge in [0.15, 0.2) is 0 Å². The van der Waals surface area contributed by atoms with E-state index in [0.717, 1.165) is 16.5 Å². The van der Waals surface area contributed by atoms with Crippen LogP contribution >= 0.6 is 0 Å². The van der Waals surface area contributed by atoms with Crippen LogP contribution in [0.5, 0.6) is 0 Å². The number of carbonyl (C=O) groups excluding carboxylic acids is 1. The number of urea groups is 1. The lowest BCUT2D eigenvalue weighted by atomic mass is 10.1. The monoisotopic (exact) mass is 307 g/mol. The van der Waals surface area contributed by atoms with Crippen LogP contribution in [0.3, 0.4) is 0 Å². The SMILES string of the molecule is O=C(O)CCCNC(=O)NCCc1c[nH]c2cc(F)ccc12. The number of amides is 2. The summed E-state index contributed by atoms with van der Waals surface area (Å²) in [6.07, 6.45) is 2.85. The van der Waals surface area contributed by atoms with Crippen molar-refractivity contribution in [2.45, 2.75) is 19.3 Å². The van der Waals surface area contributed by atoms with Gasteiger partial charge in [-0.05, 0) is 36.6 Å². The van der Waals surface area contributed by atoms with Gasteiger partial charge in [-0.1, -0.05) is 0 Å². The number of rotatable bonds is 7. The summed E-state index contributed by atoms with van der Waals surface area (Å²) in [6, 6.07) is 4.22. The third-order valence-corrected chi connectivity index (χ3v) is 3.26. The van der Waals surface area contributed by atoms with E-state index in [9.17, 15) is 14.0 Å². The quantitative estimate of drug-likeness (QED) is 0.589. The molecule has 0 unspecified atom stereocenters. The summed E-state index contributed by atoms with van der Waals surface area (Å²) in [5.74, 6) is -1.17. The summed E-state index contributed by atoms with van der Waals surface area (Å²) in [6.45, 7) is 0.763. The first-order valence-electron chi connectivity index (χ1n) is 7.05. The zero-order valence-electron chi connectivity index (χ0n) is 12.0. The smallest absolute Gasteiger partial charge is 0.314 e. The Morgan fingerprint density at radius 1 is 1.23 bits per heavy atom. The minimum absolute atomic E-state index is 0.0339. The summed E-state index contributed by atoms with van der Waals surface area (Å²) in [7, 11) is 0. The fourth-order valence-corrected chi connectivity index (χ4v) is 2.18. The Hall–Kier alpha value is -2.57. The third-order valence-electron chi connectivity index (χ3n) is 3.26. The van der Waals surface area contributed by atoms with Crippen molar-refractivity contribution in [2.24, 2.45) is 0 Å². The van der Waals surface area contributed by atoms with Crippen LogP contribution in [0, 0.1) is 5.82 Å². The minimum Gasteiger partial charge on any atom is -0.481 e. The highest BCUT2D eigenvalue weighted by molar-refractivity contribution is 5.83. The lowest BCUT2D eigenvalue weighted by Crippen LogP contribution is -2.37. The van der Waals surface area contributed by atoms with Crippen LogP contribution in [0.2, 0.25) is 0 Å². The molecule has 6 nitrogen and oxygen atoms in total. The maximum absolute atomic E-state index is 13.1. The predicted molar refractivity (Wildman–Crippen MR) is 80.2 cm³/mol. The van der Waals surface area contributed by atoms with E-state index >= 15 is 0 Å². The van der Waals surface area contributed by atoms with E-state index in [1.165, 1.54) is 12.1 Å². The highest BCUT2D eigenvalue weighted by Crippen LogP contribution is 2.19. The molecule has 0 fully saturated rings. The van der Waals surface area contributed by atoms with E-state index in [-0.39, 0.29) is 18.3 Å². The second-order valence-electron chi connectivity index (χ2n) is 4.93. The molecule has 22 heavy (non-hydrogen) atoms. The Morgan fingerprint density at radius 3 is 2.77 bits per heavy atom. The van der Waals surface area contributed by atoms with Gasteiger partial charge < -0.3 is 20.7 Å². The molecule has 0 spiro atoms. The zero-order valence-corrected chi connectivity index (χ0v) is 12.0. The van der Waals surface area contributed by atoms with Gasteiger partial charge >= 0.3 is 12.0 Å². The summed E-state index contributed by atoms with van der Waals surface area (Å²) in [4.78, 5) is 24.8. The summed E-state index contributed by atoms with van der Waals surface area (Å²) < 4.78 is 13.1. The Kier molecular flexibility index (Phi) is 5.35. The van der Waals surface area contributed by atoms with Gasteiger partial charge in [0.2, 0.25) is 0 Å². The molecule has 0 bridgehead atoms. The Balaban J connectivity index is 1.73. The average Bonchev–Trinajstić information content (AvgIpc) is 2.86. The molecule has 4 N–H and O–H groups in total. The maximum atomic E-state index is 13.1. The number of hydrogen-bond acceptors (Lipinski definition) is 2. The van der Waals surface area contributed by atoms with Gasteiger partial charge in [0.05, 0.1) is 0 Å². The van der Waals surface area contributed by atoms with Gasteiger partial charge in [0.1, 0.15) is 5.82 Å². The molecule has 1 aromatic heterocycles. The number of hydrogen-bond donors (Lipinski definition) is 4. The Morgan fingerprint density at radius 2 is 2.00 bits per heavy atom. The largest absolute Gasteiger partial charge is 0.481 e. The number of aliphatic carboxylic acids is 1. The summed E-state index contributed by atoms with van der Waals surface area (Å²) in [5, 5.41) is 14.7. The maximum Gasteiger partial charge on any atom is 0.314 e. The second kappa shape index (κ2) is 7.44. The number of carboxylic acids is 1. The molecule has 0 aliphatic heterocycles. The van der Waals surface area contributed by atoms with Crippen LogP contribution < -0.4 is 10.6 Å². The minimum atomic E-state index is -0.877. The van der Waals surface area contributed by atoms with E-state index in [1.807, 2.05) is 0 Å². The van der Waals surface area contributed by atoms with Gasteiger partial charge in [-0.3, -0.25) is 4.79 Å². The zero-order chi connectivity index (χ0) is 15.9. The first-order valence-corrected chi connectivity index (χ1v) is 7.05. The van der Waals surface area contributed by atoms with Crippen molar-refractivity contribution in [2.75, 3.05) is 13.1 Å². The number of H-pyrrole nitrogens is 1. The summed E-state index contributed by atoms with van der Waals surface area (Å²) in [5.41, 5.74) is 1.73. The van der Waals surface area contributed by atoms with Crippen LogP contribution in [0.25, 0.3) is 10.9 Å². The van der Waals surface area contributed by atoms with Crippen LogP contribution in [-0.2, 0) is 11.2 Å². The third kappa shape index (κ3) is 4.47. The lowest BCUT2D eigenvalue weighted by Gasteiger charge is -2.06. The molecule has 0 saturated heterocycles. The Labute approximate surface area is 126 Å². The van der Waals surface area contributed by atoms with Crippen molar-refractivity contribution in [1.29, 1.82) is 0 Å². The molecule has 0 aliphatic carbocycles. The molecule has 118 valence electrons. The van der Waals surface area contributed by atoms with Crippen LogP contribution in [0.4, 0.5) is 9.18 Å². The van der Waals surface area contributed by atoms with Crippen molar-refractivity contribution in [1.82, 2.24) is 15.6 Å². The number of fused-ring (bicyclic) bond motifs is 1. The van der Waals surface area contributed by atoms with E-state index < -0.39 is 5.97 Å². The standard InChI is InChI=1S/C15H18FN3O3/c16-11-3-4-12-10(9-19-13(12)8-11)5-7-18-15(22)17-6-1-2-14(20)21/h3-4,8-9,19H,1-2,5-7H2,(H,20,21)(H2,17,18,22). The van der Waals surface area contributed by atoms with E-state index in [1.54, 1.807) is 12.3 Å². The van der Waals surface area contributed by atoms with Crippen LogP contribution in [0.15, 0.2) is 24.4 Å². The molecule has 0 aliphatic rings. The topological polar surface area (TPSA) is 94.2 Å². The van der Waals surface area contributed by atoms with Crippen molar-refractivity contribution < 1.29 is 19.1 Å². The number of aromatic nitrogens is 1. The fourth-order valence-electron chi connectivity index (χ4n) is 2.18. The van der Waals surface area contributed by atoms with Crippen molar-refractivity contribution in [3.8, 4) is 0 Å². The first-order chi connectivity index (χ1) is 10.6. The van der Waals surface area contributed by atoms with Gasteiger partial charge in [-0.25, -0.2) is 9.18 Å². The van der Waals surface area contributed by atoms with Crippen LogP contribution in [-0.4, -0.2) is 35.2 Å². The number of benzene rings is 1. The molecule has 0 saturated carbocycles. The average molecular weight is 307 g/mol. The normalized spacial score (nSPS) is 10.6. The van der Waals surface area contributed by atoms with E-state index in [2.05, 4.69) is 15.6 Å². The first kappa shape index (κ1) is 15.8. The summed E-state index contributed by atoms with van der Waals surface area (Å²) >= 11 is 0.